The molecule has 0 amide bonds. The molecule has 33 heavy (non-hydrogen) atoms. The molecule has 0 spiro atoms. The molecule has 0 saturated heterocycles. The Labute approximate surface area is 195 Å². The van der Waals surface area contributed by atoms with Crippen molar-refractivity contribution >= 4 is 11.9 Å². The van der Waals surface area contributed by atoms with Crippen molar-refractivity contribution < 1.29 is 23.8 Å². The summed E-state index contributed by atoms with van der Waals surface area (Å²) < 4.78 is 16.4. The Balaban J connectivity index is 1.44. The van der Waals surface area contributed by atoms with Crippen LogP contribution in [-0.2, 0) is 0 Å². The highest BCUT2D eigenvalue weighted by Crippen LogP contribution is 2.18. The number of ether oxygens (including phenoxy) is 3. The number of carbonyl (C=O) groups excluding carboxylic acids is 2. The van der Waals surface area contributed by atoms with E-state index >= 15 is 0 Å². The van der Waals surface area contributed by atoms with Crippen molar-refractivity contribution in [3.05, 3.63) is 90.0 Å². The van der Waals surface area contributed by atoms with Gasteiger partial charge < -0.3 is 14.2 Å². The van der Waals surface area contributed by atoms with Crippen LogP contribution in [0.3, 0.4) is 0 Å². The number of benzene rings is 3. The van der Waals surface area contributed by atoms with Crippen molar-refractivity contribution in [2.24, 2.45) is 0 Å². The molecule has 0 aliphatic rings. The maximum atomic E-state index is 12.4. The van der Waals surface area contributed by atoms with Gasteiger partial charge in [-0.25, -0.2) is 9.59 Å². The maximum Gasteiger partial charge on any atom is 0.343 e. The van der Waals surface area contributed by atoms with Crippen molar-refractivity contribution in [2.45, 2.75) is 45.4 Å². The molecule has 1 radical (unpaired) electrons. The standard InChI is InChI=1S/C28H29O5/c1-2-3-4-5-6-10-21-31-24-17-13-22(14-18-24)28(30)33-26-19-15-23(16-20-26)27(29)32-25-11-8-7-9-12-25/h8-9,11-20H,2-6,10,21H2,1H3. The lowest BCUT2D eigenvalue weighted by atomic mass is 10.1. The van der Waals surface area contributed by atoms with Crippen LogP contribution in [0, 0.1) is 6.07 Å². The van der Waals surface area contributed by atoms with Gasteiger partial charge in [-0.3, -0.25) is 0 Å². The van der Waals surface area contributed by atoms with E-state index < -0.39 is 11.9 Å². The lowest BCUT2D eigenvalue weighted by Crippen LogP contribution is -2.10. The SMILES string of the molecule is CCCCCCCCOc1ccc(C(=O)Oc2ccc(C(=O)Oc3cc[c]cc3)cc2)cc1. The van der Waals surface area contributed by atoms with Crippen LogP contribution in [0.4, 0.5) is 0 Å². The van der Waals surface area contributed by atoms with Gasteiger partial charge in [0, 0.05) is 0 Å². The van der Waals surface area contributed by atoms with Gasteiger partial charge in [0.25, 0.3) is 0 Å². The van der Waals surface area contributed by atoms with Gasteiger partial charge in [-0.05, 0) is 73.2 Å². The molecule has 0 heterocycles. The number of carbonyl (C=O) groups is 2. The van der Waals surface area contributed by atoms with E-state index in [2.05, 4.69) is 13.0 Å². The van der Waals surface area contributed by atoms with E-state index in [1.165, 1.54) is 32.1 Å². The number of hydrogen-bond acceptors (Lipinski definition) is 5. The highest BCUT2D eigenvalue weighted by Gasteiger charge is 2.12. The number of rotatable bonds is 12. The van der Waals surface area contributed by atoms with Gasteiger partial charge in [0.2, 0.25) is 0 Å². The zero-order valence-corrected chi connectivity index (χ0v) is 18.9. The zero-order chi connectivity index (χ0) is 23.3. The molecule has 0 unspecified atom stereocenters. The fourth-order valence-electron chi connectivity index (χ4n) is 3.19. The number of unbranched alkanes of at least 4 members (excludes halogenated alkanes) is 5. The third kappa shape index (κ3) is 8.11. The minimum atomic E-state index is -0.490. The lowest BCUT2D eigenvalue weighted by molar-refractivity contribution is 0.0730. The first-order chi connectivity index (χ1) is 16.2. The summed E-state index contributed by atoms with van der Waals surface area (Å²) in [6.45, 7) is 2.89. The Morgan fingerprint density at radius 3 is 1.70 bits per heavy atom. The first-order valence-corrected chi connectivity index (χ1v) is 11.4. The van der Waals surface area contributed by atoms with E-state index in [0.29, 0.717) is 29.2 Å². The van der Waals surface area contributed by atoms with Crippen LogP contribution in [0.5, 0.6) is 17.2 Å². The molecule has 3 rings (SSSR count). The summed E-state index contributed by atoms with van der Waals surface area (Å²) >= 11 is 0. The zero-order valence-electron chi connectivity index (χ0n) is 18.9. The third-order valence-corrected chi connectivity index (χ3v) is 5.06. The van der Waals surface area contributed by atoms with E-state index in [1.807, 2.05) is 0 Å². The second-order valence-electron chi connectivity index (χ2n) is 7.68. The van der Waals surface area contributed by atoms with Gasteiger partial charge in [0.15, 0.2) is 0 Å². The van der Waals surface area contributed by atoms with Crippen LogP contribution in [0.2, 0.25) is 0 Å². The summed E-state index contributed by atoms with van der Waals surface area (Å²) in [7, 11) is 0. The summed E-state index contributed by atoms with van der Waals surface area (Å²) in [5, 5.41) is 0. The van der Waals surface area contributed by atoms with Crippen molar-refractivity contribution in [3.63, 3.8) is 0 Å². The Hall–Kier alpha value is -3.60. The molecule has 0 bridgehead atoms. The van der Waals surface area contributed by atoms with Crippen LogP contribution in [-0.4, -0.2) is 18.5 Å². The van der Waals surface area contributed by atoms with E-state index in [4.69, 9.17) is 14.2 Å². The van der Waals surface area contributed by atoms with Crippen molar-refractivity contribution in [1.82, 2.24) is 0 Å². The number of esters is 2. The van der Waals surface area contributed by atoms with Crippen LogP contribution in [0.1, 0.15) is 66.2 Å². The summed E-state index contributed by atoms with van der Waals surface area (Å²) in [5.74, 6) is 0.547. The fourth-order valence-corrected chi connectivity index (χ4v) is 3.19. The molecule has 5 heteroatoms. The summed E-state index contributed by atoms with van der Waals surface area (Å²) in [5.41, 5.74) is 0.779. The monoisotopic (exact) mass is 445 g/mol. The first kappa shape index (κ1) is 24.1. The van der Waals surface area contributed by atoms with Crippen LogP contribution in [0.25, 0.3) is 0 Å². The minimum Gasteiger partial charge on any atom is -0.494 e. The van der Waals surface area contributed by atoms with Crippen LogP contribution in [0.15, 0.2) is 72.8 Å². The molecule has 0 saturated carbocycles. The van der Waals surface area contributed by atoms with Crippen molar-refractivity contribution in [2.75, 3.05) is 6.61 Å². The topological polar surface area (TPSA) is 61.8 Å². The lowest BCUT2D eigenvalue weighted by Gasteiger charge is -2.08. The second kappa shape index (κ2) is 13.1. The van der Waals surface area contributed by atoms with Crippen molar-refractivity contribution in [3.8, 4) is 17.2 Å². The average Bonchev–Trinajstić information content (AvgIpc) is 2.85. The van der Waals surface area contributed by atoms with Crippen LogP contribution >= 0.6 is 0 Å². The normalized spacial score (nSPS) is 10.5. The molecule has 5 nitrogen and oxygen atoms in total. The smallest absolute Gasteiger partial charge is 0.343 e. The Bertz CT molecular complexity index is 995. The highest BCUT2D eigenvalue weighted by atomic mass is 16.5. The predicted octanol–water partition coefficient (Wildman–Crippen LogP) is 6.66. The molecule has 0 fully saturated rings. The summed E-state index contributed by atoms with van der Waals surface area (Å²) in [6, 6.07) is 22.6. The van der Waals surface area contributed by atoms with E-state index in [9.17, 15) is 9.59 Å². The summed E-state index contributed by atoms with van der Waals surface area (Å²) in [6.07, 6.45) is 7.28. The Kier molecular flexibility index (Phi) is 9.52. The molecule has 0 atom stereocenters. The van der Waals surface area contributed by atoms with Gasteiger partial charge in [0.05, 0.1) is 17.7 Å². The molecule has 3 aromatic carbocycles. The molecular weight excluding hydrogens is 416 g/mol. The Morgan fingerprint density at radius 1 is 0.636 bits per heavy atom. The average molecular weight is 446 g/mol. The van der Waals surface area contributed by atoms with Gasteiger partial charge in [-0.2, -0.15) is 0 Å². The van der Waals surface area contributed by atoms with Gasteiger partial charge in [0.1, 0.15) is 17.2 Å². The molecular formula is C28H29O5. The fraction of sp³-hybridized carbons (Fsp3) is 0.286. The first-order valence-electron chi connectivity index (χ1n) is 11.4. The number of hydrogen-bond donors (Lipinski definition) is 0. The molecule has 171 valence electrons. The quantitative estimate of drug-likeness (QED) is 0.177. The van der Waals surface area contributed by atoms with Gasteiger partial charge in [-0.15, -0.1) is 0 Å². The summed E-state index contributed by atoms with van der Waals surface area (Å²) in [4.78, 5) is 24.6. The minimum absolute atomic E-state index is 0.342. The van der Waals surface area contributed by atoms with E-state index in [-0.39, 0.29) is 0 Å². The molecule has 0 N–H and O–H groups in total. The second-order valence-corrected chi connectivity index (χ2v) is 7.68. The highest BCUT2D eigenvalue weighted by molar-refractivity contribution is 5.92. The van der Waals surface area contributed by atoms with E-state index in [0.717, 1.165) is 12.2 Å². The van der Waals surface area contributed by atoms with Crippen LogP contribution < -0.4 is 14.2 Å². The maximum absolute atomic E-state index is 12.4. The van der Waals surface area contributed by atoms with E-state index in [1.54, 1.807) is 72.8 Å². The van der Waals surface area contributed by atoms with Gasteiger partial charge in [-0.1, -0.05) is 51.2 Å². The molecule has 3 aromatic rings. The predicted molar refractivity (Wildman–Crippen MR) is 127 cm³/mol. The molecule has 0 aromatic heterocycles. The molecule has 0 aliphatic heterocycles. The Morgan fingerprint density at radius 2 is 1.12 bits per heavy atom. The third-order valence-electron chi connectivity index (χ3n) is 5.06. The largest absolute Gasteiger partial charge is 0.494 e. The van der Waals surface area contributed by atoms with Gasteiger partial charge >= 0.3 is 11.9 Å². The van der Waals surface area contributed by atoms with Crippen molar-refractivity contribution in [1.29, 1.82) is 0 Å². The molecule has 0 aliphatic carbocycles.